The number of benzene rings is 1. The number of rotatable bonds is 5. The lowest BCUT2D eigenvalue weighted by Crippen LogP contribution is -2.00. The monoisotopic (exact) mass is 219 g/mol. The van der Waals surface area contributed by atoms with Crippen molar-refractivity contribution < 1.29 is 9.47 Å². The van der Waals surface area contributed by atoms with Crippen molar-refractivity contribution in [3.8, 4) is 11.5 Å². The maximum absolute atomic E-state index is 7.05. The van der Waals surface area contributed by atoms with Crippen molar-refractivity contribution in [3.05, 3.63) is 35.2 Å². The average molecular weight is 219 g/mol. The molecule has 0 aliphatic rings. The molecule has 0 saturated heterocycles. The van der Waals surface area contributed by atoms with E-state index in [1.807, 2.05) is 39.0 Å². The van der Waals surface area contributed by atoms with Crippen molar-refractivity contribution >= 4 is 0 Å². The summed E-state index contributed by atoms with van der Waals surface area (Å²) < 4.78 is 10.9. The fourth-order valence-electron chi connectivity index (χ4n) is 1.47. The van der Waals surface area contributed by atoms with Gasteiger partial charge in [-0.1, -0.05) is 0 Å². The Balaban J connectivity index is 3.04. The molecule has 3 heteroatoms. The molecule has 1 aromatic carbocycles. The van der Waals surface area contributed by atoms with E-state index in [2.05, 4.69) is 4.85 Å². The summed E-state index contributed by atoms with van der Waals surface area (Å²) >= 11 is 0. The van der Waals surface area contributed by atoms with Crippen LogP contribution in [0.3, 0.4) is 0 Å². The van der Waals surface area contributed by atoms with Gasteiger partial charge in [0.15, 0.2) is 0 Å². The Morgan fingerprint density at radius 2 is 1.94 bits per heavy atom. The molecule has 1 unspecified atom stereocenters. The van der Waals surface area contributed by atoms with Crippen molar-refractivity contribution in [2.24, 2.45) is 0 Å². The molecule has 86 valence electrons. The molecular weight excluding hydrogens is 202 g/mol. The second-order valence-electron chi connectivity index (χ2n) is 3.37. The molecule has 0 aliphatic heterocycles. The zero-order valence-corrected chi connectivity index (χ0v) is 9.99. The fraction of sp³-hybridized carbons (Fsp3) is 0.462. The third-order valence-corrected chi connectivity index (χ3v) is 2.24. The molecule has 0 saturated carbocycles. The third kappa shape index (κ3) is 2.90. The highest BCUT2D eigenvalue weighted by molar-refractivity contribution is 5.43. The Hall–Kier alpha value is -1.69. The van der Waals surface area contributed by atoms with Crippen LogP contribution in [0.25, 0.3) is 4.85 Å². The van der Waals surface area contributed by atoms with E-state index in [1.165, 1.54) is 0 Å². The second kappa shape index (κ2) is 6.02. The smallest absolute Gasteiger partial charge is 0.249 e. The Labute approximate surface area is 96.8 Å². The molecule has 0 spiro atoms. The minimum atomic E-state index is -0.183. The fourth-order valence-corrected chi connectivity index (χ4v) is 1.47. The SMILES string of the molecule is [C-]#[N+]C(C)c1ccc(OCC)cc1OCC. The predicted molar refractivity (Wildman–Crippen MR) is 63.8 cm³/mol. The first-order chi connectivity index (χ1) is 7.72. The van der Waals surface area contributed by atoms with E-state index >= 15 is 0 Å². The molecule has 0 aromatic heterocycles. The van der Waals surface area contributed by atoms with Gasteiger partial charge in [0.2, 0.25) is 6.04 Å². The van der Waals surface area contributed by atoms with Crippen molar-refractivity contribution in [1.29, 1.82) is 0 Å². The Morgan fingerprint density at radius 1 is 1.25 bits per heavy atom. The summed E-state index contributed by atoms with van der Waals surface area (Å²) in [5.41, 5.74) is 0.917. The van der Waals surface area contributed by atoms with Crippen LogP contribution in [0.15, 0.2) is 18.2 Å². The normalized spacial score (nSPS) is 11.6. The molecule has 1 atom stereocenters. The summed E-state index contributed by atoms with van der Waals surface area (Å²) in [6.07, 6.45) is 0. The lowest BCUT2D eigenvalue weighted by Gasteiger charge is -2.11. The molecule has 0 radical (unpaired) electrons. The second-order valence-corrected chi connectivity index (χ2v) is 3.37. The van der Waals surface area contributed by atoms with E-state index < -0.39 is 0 Å². The van der Waals surface area contributed by atoms with Gasteiger partial charge in [0, 0.05) is 13.0 Å². The van der Waals surface area contributed by atoms with Crippen molar-refractivity contribution in [2.45, 2.75) is 26.8 Å². The van der Waals surface area contributed by atoms with E-state index in [-0.39, 0.29) is 6.04 Å². The van der Waals surface area contributed by atoms with Crippen molar-refractivity contribution in [3.63, 3.8) is 0 Å². The Bertz CT molecular complexity index is 382. The van der Waals surface area contributed by atoms with Crippen LogP contribution in [0.2, 0.25) is 0 Å². The first-order valence-electron chi connectivity index (χ1n) is 5.49. The summed E-state index contributed by atoms with van der Waals surface area (Å²) in [6, 6.07) is 5.45. The highest BCUT2D eigenvalue weighted by Gasteiger charge is 2.15. The van der Waals surface area contributed by atoms with Gasteiger partial charge in [0.1, 0.15) is 11.5 Å². The van der Waals surface area contributed by atoms with Crippen LogP contribution in [0.1, 0.15) is 32.4 Å². The van der Waals surface area contributed by atoms with Crippen LogP contribution < -0.4 is 9.47 Å². The summed E-state index contributed by atoms with van der Waals surface area (Å²) in [5, 5.41) is 0. The first-order valence-corrected chi connectivity index (χ1v) is 5.49. The largest absolute Gasteiger partial charge is 0.494 e. The standard InChI is InChI=1S/C13H17NO2/c1-5-15-11-7-8-12(10(3)14-4)13(9-11)16-6-2/h7-10H,5-6H2,1-3H3. The molecule has 0 fully saturated rings. The minimum absolute atomic E-state index is 0.183. The minimum Gasteiger partial charge on any atom is -0.494 e. The van der Waals surface area contributed by atoms with E-state index in [0.717, 1.165) is 17.1 Å². The van der Waals surface area contributed by atoms with E-state index in [4.69, 9.17) is 16.0 Å². The van der Waals surface area contributed by atoms with E-state index in [1.54, 1.807) is 0 Å². The van der Waals surface area contributed by atoms with Gasteiger partial charge in [-0.15, -0.1) is 0 Å². The highest BCUT2D eigenvalue weighted by atomic mass is 16.5. The van der Waals surface area contributed by atoms with Gasteiger partial charge in [-0.2, -0.15) is 0 Å². The molecular formula is C13H17NO2. The molecule has 1 aromatic rings. The number of hydrogen-bond acceptors (Lipinski definition) is 2. The van der Waals surface area contributed by atoms with Gasteiger partial charge >= 0.3 is 0 Å². The number of nitrogens with zero attached hydrogens (tertiary/aromatic N) is 1. The molecule has 1 rings (SSSR count). The van der Waals surface area contributed by atoms with E-state index in [9.17, 15) is 0 Å². The molecule has 0 aliphatic carbocycles. The van der Waals surface area contributed by atoms with Gasteiger partial charge in [-0.05, 0) is 26.0 Å². The van der Waals surface area contributed by atoms with Crippen LogP contribution in [-0.4, -0.2) is 13.2 Å². The van der Waals surface area contributed by atoms with Crippen molar-refractivity contribution in [1.82, 2.24) is 0 Å². The zero-order chi connectivity index (χ0) is 12.0. The lowest BCUT2D eigenvalue weighted by molar-refractivity contribution is 0.320. The van der Waals surface area contributed by atoms with E-state index in [0.29, 0.717) is 13.2 Å². The predicted octanol–water partition coefficient (Wildman–Crippen LogP) is 3.46. The van der Waals surface area contributed by atoms with Gasteiger partial charge in [-0.3, -0.25) is 0 Å². The molecule has 0 amide bonds. The highest BCUT2D eigenvalue weighted by Crippen LogP contribution is 2.31. The van der Waals surface area contributed by atoms with Crippen molar-refractivity contribution in [2.75, 3.05) is 13.2 Å². The van der Waals surface area contributed by atoms with Crippen LogP contribution in [-0.2, 0) is 0 Å². The Morgan fingerprint density at radius 3 is 2.50 bits per heavy atom. The van der Waals surface area contributed by atoms with Crippen LogP contribution in [0.5, 0.6) is 11.5 Å². The quantitative estimate of drug-likeness (QED) is 0.708. The van der Waals surface area contributed by atoms with Crippen LogP contribution in [0.4, 0.5) is 0 Å². The lowest BCUT2D eigenvalue weighted by atomic mass is 10.1. The maximum atomic E-state index is 7.05. The molecule has 3 nitrogen and oxygen atoms in total. The molecule has 0 N–H and O–H groups in total. The average Bonchev–Trinajstić information content (AvgIpc) is 2.29. The number of ether oxygens (including phenoxy) is 2. The van der Waals surface area contributed by atoms with Crippen LogP contribution in [0, 0.1) is 6.57 Å². The van der Waals surface area contributed by atoms with Gasteiger partial charge in [0.05, 0.1) is 18.8 Å². The van der Waals surface area contributed by atoms with Gasteiger partial charge in [0.25, 0.3) is 0 Å². The summed E-state index contributed by atoms with van der Waals surface area (Å²) in [6.45, 7) is 14.0. The third-order valence-electron chi connectivity index (χ3n) is 2.24. The maximum Gasteiger partial charge on any atom is 0.249 e. The van der Waals surface area contributed by atoms with Crippen LogP contribution >= 0.6 is 0 Å². The summed E-state index contributed by atoms with van der Waals surface area (Å²) in [7, 11) is 0. The molecule has 0 heterocycles. The molecule has 16 heavy (non-hydrogen) atoms. The first kappa shape index (κ1) is 12.4. The summed E-state index contributed by atoms with van der Waals surface area (Å²) in [4.78, 5) is 3.51. The Kier molecular flexibility index (Phi) is 4.65. The van der Waals surface area contributed by atoms with Gasteiger partial charge < -0.3 is 14.3 Å². The zero-order valence-electron chi connectivity index (χ0n) is 9.99. The topological polar surface area (TPSA) is 22.8 Å². The molecule has 0 bridgehead atoms. The van der Waals surface area contributed by atoms with Gasteiger partial charge in [-0.25, -0.2) is 6.57 Å². The number of hydrogen-bond donors (Lipinski definition) is 0. The summed E-state index contributed by atoms with van der Waals surface area (Å²) in [5.74, 6) is 1.53.